The van der Waals surface area contributed by atoms with E-state index in [1.807, 2.05) is 18.7 Å². The van der Waals surface area contributed by atoms with Gasteiger partial charge in [0, 0.05) is 18.8 Å². The number of rotatable bonds is 5. The van der Waals surface area contributed by atoms with Crippen LogP contribution in [0.3, 0.4) is 0 Å². The number of likely N-dealkylation sites (N-methyl/N-ethyl adjacent to an activating group) is 1. The van der Waals surface area contributed by atoms with Gasteiger partial charge in [-0.3, -0.25) is 9.88 Å². The average molecular weight is 210 g/mol. The van der Waals surface area contributed by atoms with Crippen LogP contribution in [-0.4, -0.2) is 39.8 Å². The summed E-state index contributed by atoms with van der Waals surface area (Å²) < 4.78 is 0. The normalized spacial score (nSPS) is 10.9. The molecule has 0 aliphatic carbocycles. The molecular weight excluding hydrogens is 192 g/mol. The van der Waals surface area contributed by atoms with E-state index in [0.717, 1.165) is 12.2 Å². The molecule has 4 heteroatoms. The number of hydrogen-bond acceptors (Lipinski definition) is 4. The summed E-state index contributed by atoms with van der Waals surface area (Å²) in [5.41, 5.74) is 1.56. The first-order chi connectivity index (χ1) is 7.17. The number of hydrogen-bond donors (Lipinski definition) is 2. The van der Waals surface area contributed by atoms with Crippen molar-refractivity contribution >= 4 is 0 Å². The maximum Gasteiger partial charge on any atom is 0.138 e. The van der Waals surface area contributed by atoms with Gasteiger partial charge in [-0.1, -0.05) is 6.92 Å². The van der Waals surface area contributed by atoms with Gasteiger partial charge in [-0.05, 0) is 25.6 Å². The number of aliphatic hydroxyl groups excluding tert-OH is 1. The molecule has 4 nitrogen and oxygen atoms in total. The van der Waals surface area contributed by atoms with Crippen LogP contribution in [-0.2, 0) is 6.54 Å². The fourth-order valence-electron chi connectivity index (χ4n) is 1.42. The number of aliphatic hydroxyl groups is 1. The number of aryl methyl sites for hydroxylation is 1. The van der Waals surface area contributed by atoms with Gasteiger partial charge in [0.25, 0.3) is 0 Å². The lowest BCUT2D eigenvalue weighted by Gasteiger charge is -2.19. The van der Waals surface area contributed by atoms with E-state index in [-0.39, 0.29) is 12.4 Å². The van der Waals surface area contributed by atoms with Crippen LogP contribution < -0.4 is 0 Å². The molecule has 0 radical (unpaired) electrons. The molecule has 0 saturated carbocycles. The average Bonchev–Trinajstić information content (AvgIpc) is 2.22. The number of pyridine rings is 1. The summed E-state index contributed by atoms with van der Waals surface area (Å²) >= 11 is 0. The van der Waals surface area contributed by atoms with Crippen molar-refractivity contribution in [3.05, 3.63) is 23.5 Å². The maximum atomic E-state index is 9.60. The number of aromatic nitrogens is 1. The van der Waals surface area contributed by atoms with Gasteiger partial charge >= 0.3 is 0 Å². The zero-order chi connectivity index (χ0) is 11.3. The van der Waals surface area contributed by atoms with Crippen LogP contribution in [0.2, 0.25) is 0 Å². The lowest BCUT2D eigenvalue weighted by molar-refractivity contribution is 0.194. The molecule has 2 N–H and O–H groups in total. The molecule has 0 aromatic carbocycles. The molecule has 0 unspecified atom stereocenters. The molecule has 0 bridgehead atoms. The monoisotopic (exact) mass is 210 g/mol. The summed E-state index contributed by atoms with van der Waals surface area (Å²) in [4.78, 5) is 6.30. The van der Waals surface area contributed by atoms with Crippen LogP contribution >= 0.6 is 0 Å². The van der Waals surface area contributed by atoms with Crippen molar-refractivity contribution in [3.63, 3.8) is 0 Å². The molecule has 0 atom stereocenters. The van der Waals surface area contributed by atoms with Crippen LogP contribution in [0, 0.1) is 6.92 Å². The minimum absolute atomic E-state index is 0.125. The Kier molecular flexibility index (Phi) is 4.52. The second kappa shape index (κ2) is 5.68. The van der Waals surface area contributed by atoms with E-state index in [1.165, 1.54) is 0 Å². The van der Waals surface area contributed by atoms with Crippen molar-refractivity contribution in [3.8, 4) is 5.75 Å². The Balaban J connectivity index is 2.73. The Hall–Kier alpha value is -1.13. The van der Waals surface area contributed by atoms with Gasteiger partial charge in [0.1, 0.15) is 5.75 Å². The van der Waals surface area contributed by atoms with Gasteiger partial charge in [0.2, 0.25) is 0 Å². The molecule has 0 amide bonds. The predicted octanol–water partition coefficient (Wildman–Crippen LogP) is 0.910. The highest BCUT2D eigenvalue weighted by molar-refractivity contribution is 5.27. The molecule has 1 aromatic rings. The lowest BCUT2D eigenvalue weighted by atomic mass is 10.2. The quantitative estimate of drug-likeness (QED) is 0.758. The van der Waals surface area contributed by atoms with Crippen molar-refractivity contribution in [2.45, 2.75) is 20.4 Å². The highest BCUT2D eigenvalue weighted by Crippen LogP contribution is 2.16. The molecule has 0 aliphatic rings. The molecule has 84 valence electrons. The highest BCUT2D eigenvalue weighted by atomic mass is 16.3. The summed E-state index contributed by atoms with van der Waals surface area (Å²) in [5.74, 6) is 0.219. The smallest absolute Gasteiger partial charge is 0.138 e. The third kappa shape index (κ3) is 3.49. The Morgan fingerprint density at radius 1 is 1.40 bits per heavy atom. The molecule has 0 spiro atoms. The molecule has 1 rings (SSSR count). The van der Waals surface area contributed by atoms with E-state index >= 15 is 0 Å². The first-order valence-corrected chi connectivity index (χ1v) is 5.16. The van der Waals surface area contributed by atoms with Crippen LogP contribution in [0.4, 0.5) is 0 Å². The molecular formula is C11H18N2O2. The fourth-order valence-corrected chi connectivity index (χ4v) is 1.42. The summed E-state index contributed by atoms with van der Waals surface area (Å²) in [7, 11) is 0. The van der Waals surface area contributed by atoms with Crippen molar-refractivity contribution in [1.82, 2.24) is 9.88 Å². The van der Waals surface area contributed by atoms with Crippen molar-refractivity contribution < 1.29 is 10.2 Å². The van der Waals surface area contributed by atoms with E-state index in [9.17, 15) is 5.11 Å². The van der Waals surface area contributed by atoms with E-state index < -0.39 is 0 Å². The Morgan fingerprint density at radius 2 is 2.13 bits per heavy atom. The lowest BCUT2D eigenvalue weighted by Crippen LogP contribution is -2.26. The zero-order valence-electron chi connectivity index (χ0n) is 9.27. The van der Waals surface area contributed by atoms with Crippen LogP contribution in [0.15, 0.2) is 12.1 Å². The molecule has 0 fully saturated rings. The van der Waals surface area contributed by atoms with E-state index in [4.69, 9.17) is 5.11 Å². The first-order valence-electron chi connectivity index (χ1n) is 5.16. The topological polar surface area (TPSA) is 56.6 Å². The second-order valence-corrected chi connectivity index (χ2v) is 3.51. The van der Waals surface area contributed by atoms with Gasteiger partial charge in [-0.15, -0.1) is 0 Å². The van der Waals surface area contributed by atoms with Gasteiger partial charge in [-0.2, -0.15) is 0 Å². The molecule has 1 heterocycles. The summed E-state index contributed by atoms with van der Waals surface area (Å²) in [6, 6.07) is 3.44. The number of nitrogens with zero attached hydrogens (tertiary/aromatic N) is 2. The Labute approximate surface area is 90.2 Å². The van der Waals surface area contributed by atoms with Gasteiger partial charge in [0.05, 0.1) is 12.3 Å². The minimum atomic E-state index is 0.125. The fraction of sp³-hybridized carbons (Fsp3) is 0.545. The molecule has 1 aromatic heterocycles. The van der Waals surface area contributed by atoms with Crippen molar-refractivity contribution in [1.29, 1.82) is 0 Å². The van der Waals surface area contributed by atoms with Gasteiger partial charge in [0.15, 0.2) is 0 Å². The highest BCUT2D eigenvalue weighted by Gasteiger charge is 2.08. The maximum absolute atomic E-state index is 9.60. The van der Waals surface area contributed by atoms with Crippen molar-refractivity contribution in [2.24, 2.45) is 0 Å². The SMILES string of the molecule is CCN(CCO)Cc1nc(C)ccc1O. The second-order valence-electron chi connectivity index (χ2n) is 3.51. The van der Waals surface area contributed by atoms with Gasteiger partial charge < -0.3 is 10.2 Å². The third-order valence-corrected chi connectivity index (χ3v) is 2.33. The standard InChI is InChI=1S/C11H18N2O2/c1-3-13(6-7-14)8-10-11(15)5-4-9(2)12-10/h4-5,14-15H,3,6-8H2,1-2H3. The van der Waals surface area contributed by atoms with Crippen LogP contribution in [0.1, 0.15) is 18.3 Å². The largest absolute Gasteiger partial charge is 0.506 e. The summed E-state index contributed by atoms with van der Waals surface area (Å²) in [6.45, 7) is 6.04. The van der Waals surface area contributed by atoms with E-state index in [2.05, 4.69) is 4.98 Å². The molecule has 15 heavy (non-hydrogen) atoms. The van der Waals surface area contributed by atoms with Crippen LogP contribution in [0.25, 0.3) is 0 Å². The summed E-state index contributed by atoms with van der Waals surface area (Å²) in [5, 5.41) is 18.4. The third-order valence-electron chi connectivity index (χ3n) is 2.33. The molecule has 0 aliphatic heterocycles. The minimum Gasteiger partial charge on any atom is -0.506 e. The summed E-state index contributed by atoms with van der Waals surface area (Å²) in [6.07, 6.45) is 0. The van der Waals surface area contributed by atoms with E-state index in [0.29, 0.717) is 18.8 Å². The van der Waals surface area contributed by atoms with Gasteiger partial charge in [-0.25, -0.2) is 0 Å². The first kappa shape index (κ1) is 11.9. The molecule has 0 saturated heterocycles. The Morgan fingerprint density at radius 3 is 2.73 bits per heavy atom. The number of aromatic hydroxyl groups is 1. The van der Waals surface area contributed by atoms with E-state index in [1.54, 1.807) is 12.1 Å². The van der Waals surface area contributed by atoms with Crippen LogP contribution in [0.5, 0.6) is 5.75 Å². The van der Waals surface area contributed by atoms with Crippen molar-refractivity contribution in [2.75, 3.05) is 19.7 Å². The zero-order valence-corrected chi connectivity index (χ0v) is 9.27. The predicted molar refractivity (Wildman–Crippen MR) is 58.7 cm³/mol. The Bertz CT molecular complexity index is 315.